The van der Waals surface area contributed by atoms with Crippen LogP contribution in [0.25, 0.3) is 0 Å². The van der Waals surface area contributed by atoms with E-state index in [1.807, 2.05) is 29.2 Å². The lowest BCUT2D eigenvalue weighted by Gasteiger charge is -2.37. The number of benzene rings is 1. The summed E-state index contributed by atoms with van der Waals surface area (Å²) >= 11 is 0. The Hall–Kier alpha value is -1.75. The van der Waals surface area contributed by atoms with Gasteiger partial charge in [0.15, 0.2) is 0 Å². The summed E-state index contributed by atoms with van der Waals surface area (Å²) in [7, 11) is 0. The molecule has 5 nitrogen and oxygen atoms in total. The molecule has 2 unspecified atom stereocenters. The summed E-state index contributed by atoms with van der Waals surface area (Å²) < 4.78 is 5.64. The van der Waals surface area contributed by atoms with Crippen molar-refractivity contribution in [3.8, 4) is 5.75 Å². The molecule has 1 saturated heterocycles. The van der Waals surface area contributed by atoms with Gasteiger partial charge in [0.1, 0.15) is 5.75 Å². The number of carbonyl (C=O) groups excluding carboxylic acids is 1. The van der Waals surface area contributed by atoms with Gasteiger partial charge in [0, 0.05) is 31.2 Å². The zero-order valence-corrected chi connectivity index (χ0v) is 12.8. The number of amides is 2. The monoisotopic (exact) mass is 304 g/mol. The Kier molecular flexibility index (Phi) is 4.83. The second-order valence-corrected chi connectivity index (χ2v) is 6.03. The molecule has 2 N–H and O–H groups in total. The summed E-state index contributed by atoms with van der Waals surface area (Å²) in [5.74, 6) is 0.865. The second-order valence-electron chi connectivity index (χ2n) is 6.03. The fraction of sp³-hybridized carbons (Fsp3) is 0.588. The molecule has 0 aromatic heterocycles. The Morgan fingerprint density at radius 2 is 2.18 bits per heavy atom. The van der Waals surface area contributed by atoms with Gasteiger partial charge in [-0.3, -0.25) is 0 Å². The summed E-state index contributed by atoms with van der Waals surface area (Å²) in [6.07, 6.45) is 4.62. The van der Waals surface area contributed by atoms with E-state index in [1.165, 1.54) is 0 Å². The zero-order chi connectivity index (χ0) is 15.4. The van der Waals surface area contributed by atoms with Crippen LogP contribution in [0.5, 0.6) is 5.75 Å². The van der Waals surface area contributed by atoms with Crippen molar-refractivity contribution < 1.29 is 14.6 Å². The predicted molar refractivity (Wildman–Crippen MR) is 83.9 cm³/mol. The highest BCUT2D eigenvalue weighted by molar-refractivity contribution is 5.75. The molecular formula is C17H24N2O3. The van der Waals surface area contributed by atoms with E-state index in [4.69, 9.17) is 4.74 Å². The first kappa shape index (κ1) is 15.2. The van der Waals surface area contributed by atoms with Crippen LogP contribution >= 0.6 is 0 Å². The Morgan fingerprint density at radius 3 is 3.05 bits per heavy atom. The Balaban J connectivity index is 1.69. The van der Waals surface area contributed by atoms with Gasteiger partial charge in [-0.15, -0.1) is 0 Å². The molecule has 5 heteroatoms. The molecule has 2 amide bonds. The van der Waals surface area contributed by atoms with Crippen LogP contribution in [0, 0.1) is 0 Å². The van der Waals surface area contributed by atoms with Crippen molar-refractivity contribution in [2.24, 2.45) is 0 Å². The van der Waals surface area contributed by atoms with Crippen molar-refractivity contribution in [3.63, 3.8) is 0 Å². The van der Waals surface area contributed by atoms with Gasteiger partial charge in [0.05, 0.1) is 12.6 Å². The number of para-hydroxylation sites is 1. The summed E-state index contributed by atoms with van der Waals surface area (Å²) in [6.45, 7) is 1.54. The number of fused-ring (bicyclic) bond motifs is 1. The maximum atomic E-state index is 12.7. The van der Waals surface area contributed by atoms with Crippen LogP contribution in [-0.4, -0.2) is 41.8 Å². The van der Waals surface area contributed by atoms with E-state index in [0.29, 0.717) is 13.0 Å². The van der Waals surface area contributed by atoms with Crippen LogP contribution in [0.4, 0.5) is 4.79 Å². The molecule has 2 aliphatic rings. The van der Waals surface area contributed by atoms with Crippen LogP contribution < -0.4 is 10.1 Å². The molecule has 0 spiro atoms. The number of hydrogen-bond donors (Lipinski definition) is 2. The van der Waals surface area contributed by atoms with Crippen LogP contribution in [0.15, 0.2) is 24.3 Å². The largest absolute Gasteiger partial charge is 0.493 e. The summed E-state index contributed by atoms with van der Waals surface area (Å²) in [6, 6.07) is 8.04. The van der Waals surface area contributed by atoms with E-state index >= 15 is 0 Å². The molecule has 0 radical (unpaired) electrons. The first-order valence-electron chi connectivity index (χ1n) is 8.19. The van der Waals surface area contributed by atoms with E-state index in [-0.39, 0.29) is 24.7 Å². The number of aliphatic hydroxyl groups is 1. The Bertz CT molecular complexity index is 518. The normalized spacial score (nSPS) is 24.3. The lowest BCUT2D eigenvalue weighted by Crippen LogP contribution is -2.50. The van der Waals surface area contributed by atoms with Gasteiger partial charge in [-0.2, -0.15) is 0 Å². The molecule has 0 saturated carbocycles. The number of ether oxygens (including phenoxy) is 1. The highest BCUT2D eigenvalue weighted by Crippen LogP contribution is 2.32. The van der Waals surface area contributed by atoms with Gasteiger partial charge in [-0.05, 0) is 31.7 Å². The number of rotatable bonds is 3. The number of nitrogens with one attached hydrogen (secondary N) is 1. The molecule has 0 bridgehead atoms. The Labute approximate surface area is 131 Å². The maximum absolute atomic E-state index is 12.7. The average Bonchev–Trinajstić information content (AvgIpc) is 2.56. The number of nitrogens with zero attached hydrogens (tertiary/aromatic N) is 1. The van der Waals surface area contributed by atoms with Gasteiger partial charge in [0.2, 0.25) is 0 Å². The molecule has 2 atom stereocenters. The third-order valence-electron chi connectivity index (χ3n) is 4.61. The molecule has 1 aromatic carbocycles. The SMILES string of the molecule is O=C(NC1CCOc2ccccc21)N1CCCCC1CCO. The molecule has 120 valence electrons. The third-order valence-corrected chi connectivity index (χ3v) is 4.61. The molecule has 0 aliphatic carbocycles. The molecule has 22 heavy (non-hydrogen) atoms. The van der Waals surface area contributed by atoms with Crippen LogP contribution in [-0.2, 0) is 0 Å². The highest BCUT2D eigenvalue weighted by Gasteiger charge is 2.29. The van der Waals surface area contributed by atoms with Crippen molar-refractivity contribution in [1.29, 1.82) is 0 Å². The average molecular weight is 304 g/mol. The zero-order valence-electron chi connectivity index (χ0n) is 12.8. The molecular weight excluding hydrogens is 280 g/mol. The summed E-state index contributed by atoms with van der Waals surface area (Å²) in [5, 5.41) is 12.4. The fourth-order valence-electron chi connectivity index (χ4n) is 3.44. The van der Waals surface area contributed by atoms with Gasteiger partial charge < -0.3 is 20.1 Å². The Morgan fingerprint density at radius 1 is 1.32 bits per heavy atom. The van der Waals surface area contributed by atoms with Gasteiger partial charge in [-0.25, -0.2) is 4.79 Å². The number of piperidine rings is 1. The number of carbonyl (C=O) groups is 1. The van der Waals surface area contributed by atoms with Crippen molar-refractivity contribution in [3.05, 3.63) is 29.8 Å². The van der Waals surface area contributed by atoms with E-state index in [0.717, 1.165) is 43.5 Å². The van der Waals surface area contributed by atoms with Gasteiger partial charge in [-0.1, -0.05) is 18.2 Å². The van der Waals surface area contributed by atoms with Crippen molar-refractivity contribution in [1.82, 2.24) is 10.2 Å². The first-order chi connectivity index (χ1) is 10.8. The molecule has 1 fully saturated rings. The van der Waals surface area contributed by atoms with E-state index < -0.39 is 0 Å². The molecule has 2 aliphatic heterocycles. The number of aliphatic hydroxyl groups excluding tert-OH is 1. The van der Waals surface area contributed by atoms with Crippen LogP contribution in [0.3, 0.4) is 0 Å². The second kappa shape index (κ2) is 7.01. The fourth-order valence-corrected chi connectivity index (χ4v) is 3.44. The first-order valence-corrected chi connectivity index (χ1v) is 8.19. The number of urea groups is 1. The smallest absolute Gasteiger partial charge is 0.318 e. The lowest BCUT2D eigenvalue weighted by molar-refractivity contribution is 0.127. The predicted octanol–water partition coefficient (Wildman–Crippen LogP) is 2.46. The number of likely N-dealkylation sites (tertiary alicyclic amines) is 1. The minimum atomic E-state index is -0.0140. The topological polar surface area (TPSA) is 61.8 Å². The van der Waals surface area contributed by atoms with Crippen LogP contribution in [0.2, 0.25) is 0 Å². The van der Waals surface area contributed by atoms with E-state index in [9.17, 15) is 9.90 Å². The van der Waals surface area contributed by atoms with Gasteiger partial charge >= 0.3 is 6.03 Å². The molecule has 3 rings (SSSR count). The summed E-state index contributed by atoms with van der Waals surface area (Å²) in [5.41, 5.74) is 1.05. The number of hydrogen-bond acceptors (Lipinski definition) is 3. The van der Waals surface area contributed by atoms with Crippen LogP contribution in [0.1, 0.15) is 43.7 Å². The third kappa shape index (κ3) is 3.19. The minimum absolute atomic E-state index is 0.00848. The minimum Gasteiger partial charge on any atom is -0.493 e. The quantitative estimate of drug-likeness (QED) is 0.901. The molecule has 2 heterocycles. The van der Waals surface area contributed by atoms with E-state index in [1.54, 1.807) is 0 Å². The molecule has 1 aromatic rings. The van der Waals surface area contributed by atoms with Crippen molar-refractivity contribution in [2.75, 3.05) is 19.8 Å². The van der Waals surface area contributed by atoms with E-state index in [2.05, 4.69) is 5.32 Å². The van der Waals surface area contributed by atoms with Crippen molar-refractivity contribution >= 4 is 6.03 Å². The maximum Gasteiger partial charge on any atom is 0.318 e. The van der Waals surface area contributed by atoms with Crippen molar-refractivity contribution in [2.45, 2.75) is 44.2 Å². The standard InChI is InChI=1S/C17H24N2O3/c20-11-8-13-5-3-4-10-19(13)17(21)18-15-9-12-22-16-7-2-1-6-14(15)16/h1-2,6-7,13,15,20H,3-5,8-12H2,(H,18,21). The lowest BCUT2D eigenvalue weighted by atomic mass is 9.99. The highest BCUT2D eigenvalue weighted by atomic mass is 16.5. The summed E-state index contributed by atoms with van der Waals surface area (Å²) in [4.78, 5) is 14.6. The van der Waals surface area contributed by atoms with Gasteiger partial charge in [0.25, 0.3) is 0 Å².